The summed E-state index contributed by atoms with van der Waals surface area (Å²) in [7, 11) is 0. The van der Waals surface area contributed by atoms with E-state index in [4.69, 9.17) is 11.6 Å². The van der Waals surface area contributed by atoms with Gasteiger partial charge in [-0.2, -0.15) is 0 Å². The van der Waals surface area contributed by atoms with Crippen molar-refractivity contribution in [3.63, 3.8) is 0 Å². The highest BCUT2D eigenvalue weighted by molar-refractivity contribution is 6.35. The minimum atomic E-state index is -0.478. The van der Waals surface area contributed by atoms with Gasteiger partial charge in [-0.15, -0.1) is 0 Å². The molecule has 3 aromatic rings. The second-order valence-corrected chi connectivity index (χ2v) is 6.82. The lowest BCUT2D eigenvalue weighted by Gasteiger charge is -2.23. The monoisotopic (exact) mass is 330 g/mol. The zero-order valence-electron chi connectivity index (χ0n) is 13.1. The zero-order valence-corrected chi connectivity index (χ0v) is 13.9. The molecular weight excluding hydrogens is 315 g/mol. The molecule has 1 aromatic heterocycles. The Morgan fingerprint density at radius 2 is 1.78 bits per heavy atom. The summed E-state index contributed by atoms with van der Waals surface area (Å²) >= 11 is 6.18. The molecule has 0 saturated carbocycles. The lowest BCUT2D eigenvalue weighted by molar-refractivity contribution is 0.518. The van der Waals surface area contributed by atoms with Crippen LogP contribution in [-0.2, 0) is 5.41 Å². The first-order chi connectivity index (χ1) is 10.8. The van der Waals surface area contributed by atoms with Gasteiger partial charge >= 0.3 is 0 Å². The predicted molar refractivity (Wildman–Crippen MR) is 91.0 cm³/mol. The summed E-state index contributed by atoms with van der Waals surface area (Å²) in [5.74, 6) is 0.00988. The van der Waals surface area contributed by atoms with Gasteiger partial charge in [-0.25, -0.2) is 9.37 Å². The van der Waals surface area contributed by atoms with Gasteiger partial charge in [0.05, 0.1) is 21.6 Å². The highest BCUT2D eigenvalue weighted by Crippen LogP contribution is 2.27. The van der Waals surface area contributed by atoms with Crippen molar-refractivity contribution in [2.45, 2.75) is 26.2 Å². The van der Waals surface area contributed by atoms with Crippen LogP contribution in [-0.4, -0.2) is 9.55 Å². The molecule has 1 heterocycles. The van der Waals surface area contributed by atoms with E-state index in [1.54, 1.807) is 36.4 Å². The van der Waals surface area contributed by atoms with Crippen molar-refractivity contribution in [1.29, 1.82) is 0 Å². The average molecular weight is 331 g/mol. The van der Waals surface area contributed by atoms with Crippen molar-refractivity contribution < 1.29 is 4.39 Å². The van der Waals surface area contributed by atoms with E-state index >= 15 is 0 Å². The van der Waals surface area contributed by atoms with Crippen LogP contribution in [0.3, 0.4) is 0 Å². The van der Waals surface area contributed by atoms with Crippen LogP contribution in [0.5, 0.6) is 0 Å². The van der Waals surface area contributed by atoms with Crippen LogP contribution in [0.2, 0.25) is 5.02 Å². The second kappa shape index (κ2) is 5.46. The molecule has 0 N–H and O–H groups in total. The van der Waals surface area contributed by atoms with Gasteiger partial charge in [0.15, 0.2) is 0 Å². The molecule has 23 heavy (non-hydrogen) atoms. The third-order valence-electron chi connectivity index (χ3n) is 3.61. The van der Waals surface area contributed by atoms with Crippen molar-refractivity contribution in [2.75, 3.05) is 0 Å². The molecule has 3 nitrogen and oxygen atoms in total. The average Bonchev–Trinajstić information content (AvgIpc) is 2.47. The lowest BCUT2D eigenvalue weighted by Crippen LogP contribution is -2.31. The number of hydrogen-bond donors (Lipinski definition) is 0. The van der Waals surface area contributed by atoms with E-state index in [9.17, 15) is 9.18 Å². The number of halogens is 2. The van der Waals surface area contributed by atoms with Crippen LogP contribution in [0, 0.1) is 5.82 Å². The maximum atomic E-state index is 14.3. The fourth-order valence-electron chi connectivity index (χ4n) is 2.55. The van der Waals surface area contributed by atoms with Gasteiger partial charge in [0, 0.05) is 5.41 Å². The fraction of sp³-hybridized carbons (Fsp3) is 0.222. The molecule has 2 aromatic carbocycles. The maximum Gasteiger partial charge on any atom is 0.267 e. The summed E-state index contributed by atoms with van der Waals surface area (Å²) in [6.07, 6.45) is 0. The van der Waals surface area contributed by atoms with Gasteiger partial charge < -0.3 is 0 Å². The molecule has 0 aliphatic rings. The van der Waals surface area contributed by atoms with E-state index in [0.717, 1.165) is 0 Å². The lowest BCUT2D eigenvalue weighted by atomic mass is 9.94. The third kappa shape index (κ3) is 2.63. The molecule has 0 spiro atoms. The molecule has 0 saturated heterocycles. The van der Waals surface area contributed by atoms with Crippen LogP contribution in [0.25, 0.3) is 16.6 Å². The first-order valence-corrected chi connectivity index (χ1v) is 7.65. The number of aromatic nitrogens is 2. The first kappa shape index (κ1) is 15.7. The molecular formula is C18H16ClFN2O. The topological polar surface area (TPSA) is 34.9 Å². The molecule has 5 heteroatoms. The molecule has 0 amide bonds. The Hall–Kier alpha value is -2.20. The number of para-hydroxylation sites is 1. The van der Waals surface area contributed by atoms with Crippen molar-refractivity contribution in [1.82, 2.24) is 9.55 Å². The van der Waals surface area contributed by atoms with Gasteiger partial charge in [-0.05, 0) is 24.3 Å². The summed E-state index contributed by atoms with van der Waals surface area (Å²) in [5.41, 5.74) is -0.120. The summed E-state index contributed by atoms with van der Waals surface area (Å²) < 4.78 is 15.6. The fourth-order valence-corrected chi connectivity index (χ4v) is 2.80. The molecule has 0 fully saturated rings. The molecule has 0 aliphatic carbocycles. The van der Waals surface area contributed by atoms with Crippen LogP contribution >= 0.6 is 11.6 Å². The second-order valence-electron chi connectivity index (χ2n) is 6.41. The Labute approximate surface area is 138 Å². The standard InChI is InChI=1S/C18H16ClFN2O/c1-18(2,3)17-21-13-9-6-7-11(19)15(13)16(23)22(17)14-10-5-4-8-12(14)20/h4-10H,1-3H3. The van der Waals surface area contributed by atoms with E-state index < -0.39 is 11.2 Å². The van der Waals surface area contributed by atoms with Gasteiger partial charge in [-0.3, -0.25) is 9.36 Å². The largest absolute Gasteiger partial charge is 0.268 e. The van der Waals surface area contributed by atoms with Crippen LogP contribution < -0.4 is 5.56 Å². The smallest absolute Gasteiger partial charge is 0.267 e. The SMILES string of the molecule is CC(C)(C)c1nc2cccc(Cl)c2c(=O)n1-c1ccccc1F. The van der Waals surface area contributed by atoms with E-state index in [-0.39, 0.29) is 11.2 Å². The van der Waals surface area contributed by atoms with Crippen molar-refractivity contribution >= 4 is 22.5 Å². The van der Waals surface area contributed by atoms with E-state index in [1.165, 1.54) is 10.6 Å². The number of fused-ring (bicyclic) bond motifs is 1. The third-order valence-corrected chi connectivity index (χ3v) is 3.93. The number of hydrogen-bond acceptors (Lipinski definition) is 2. The summed E-state index contributed by atoms with van der Waals surface area (Å²) in [4.78, 5) is 17.6. The molecule has 0 radical (unpaired) electrons. The van der Waals surface area contributed by atoms with E-state index in [0.29, 0.717) is 21.7 Å². The predicted octanol–water partition coefficient (Wildman–Crippen LogP) is 4.48. The number of benzene rings is 2. The normalized spacial score (nSPS) is 11.9. The zero-order chi connectivity index (χ0) is 16.8. The quantitative estimate of drug-likeness (QED) is 0.659. The van der Waals surface area contributed by atoms with Crippen molar-refractivity contribution in [3.8, 4) is 5.69 Å². The Morgan fingerprint density at radius 3 is 2.43 bits per heavy atom. The van der Waals surface area contributed by atoms with Gasteiger partial charge in [0.1, 0.15) is 11.6 Å². The van der Waals surface area contributed by atoms with Crippen LogP contribution in [0.1, 0.15) is 26.6 Å². The molecule has 0 aliphatic heterocycles. The van der Waals surface area contributed by atoms with Gasteiger partial charge in [0.2, 0.25) is 0 Å². The Balaban J connectivity index is 2.53. The van der Waals surface area contributed by atoms with Crippen LogP contribution in [0.4, 0.5) is 4.39 Å². The molecule has 0 atom stereocenters. The maximum absolute atomic E-state index is 14.3. The Morgan fingerprint density at radius 1 is 1.09 bits per heavy atom. The highest BCUT2D eigenvalue weighted by Gasteiger charge is 2.25. The Kier molecular flexibility index (Phi) is 3.72. The number of nitrogens with zero attached hydrogens (tertiary/aromatic N) is 2. The number of rotatable bonds is 1. The van der Waals surface area contributed by atoms with Crippen molar-refractivity contribution in [2.24, 2.45) is 0 Å². The molecule has 3 rings (SSSR count). The van der Waals surface area contributed by atoms with Crippen molar-refractivity contribution in [3.05, 3.63) is 69.5 Å². The minimum absolute atomic E-state index is 0.178. The van der Waals surface area contributed by atoms with E-state index in [1.807, 2.05) is 20.8 Å². The van der Waals surface area contributed by atoms with Crippen LogP contribution in [0.15, 0.2) is 47.3 Å². The first-order valence-electron chi connectivity index (χ1n) is 7.27. The highest BCUT2D eigenvalue weighted by atomic mass is 35.5. The molecule has 0 bridgehead atoms. The molecule has 0 unspecified atom stereocenters. The molecule has 118 valence electrons. The van der Waals surface area contributed by atoms with E-state index in [2.05, 4.69) is 4.98 Å². The summed E-state index contributed by atoms with van der Waals surface area (Å²) in [6, 6.07) is 11.3. The Bertz CT molecular complexity index is 957. The van der Waals surface area contributed by atoms with Gasteiger partial charge in [-0.1, -0.05) is 50.6 Å². The summed E-state index contributed by atoms with van der Waals surface area (Å²) in [6.45, 7) is 5.80. The summed E-state index contributed by atoms with van der Waals surface area (Å²) in [5, 5.41) is 0.607. The minimum Gasteiger partial charge on any atom is -0.268 e. The van der Waals surface area contributed by atoms with Gasteiger partial charge in [0.25, 0.3) is 5.56 Å².